The number of hydrogen-bond donors (Lipinski definition) is 0. The fraction of sp³-hybridized carbons (Fsp3) is 0.0312. The molecule has 5 heterocycles. The normalized spacial score (nSPS) is 11.0. The largest absolute Gasteiger partial charge is 0.486 e. The van der Waals surface area contributed by atoms with Gasteiger partial charge in [0.15, 0.2) is 4.90 Å². The zero-order valence-electron chi connectivity index (χ0n) is 20.6. The first-order chi connectivity index (χ1) is 18.7. The standard InChI is InChI=1S/C21H11N2O2S.C11H8N.Ir/c1-11-9-10-13-12-6-4-7-15(18(12)25-19(13)22-11)20-23-17-14-5-2-3-8-16(14)24-21(17)26-20;1-2-6-10(7-3-1)11-8-4-5-9-12-11;/h2-6,8-10H,1H3;1-6,8-9H;/q2*-1;. The van der Waals surface area contributed by atoms with Gasteiger partial charge in [0, 0.05) is 47.8 Å². The van der Waals surface area contributed by atoms with Crippen molar-refractivity contribution in [3.05, 3.63) is 115 Å². The SMILES string of the molecule is Cc1ccc2c(n1)oc1c(-c3nc4c(oc5ccccc54)s3)[c-]ccc12.[Ir].[c-]1ccccc1-c1ccccn1. The molecule has 3 aromatic carbocycles. The zero-order valence-corrected chi connectivity index (χ0v) is 23.8. The first-order valence-electron chi connectivity index (χ1n) is 12.1. The summed E-state index contributed by atoms with van der Waals surface area (Å²) in [4.78, 5) is 14.4. The molecule has 7 heteroatoms. The van der Waals surface area contributed by atoms with Crippen molar-refractivity contribution in [2.75, 3.05) is 0 Å². The average Bonchev–Trinajstić information content (AvgIpc) is 3.65. The molecule has 0 fully saturated rings. The van der Waals surface area contributed by atoms with Gasteiger partial charge in [0.2, 0.25) is 5.71 Å². The maximum atomic E-state index is 6.07. The molecular weight excluding hydrogens is 683 g/mol. The molecule has 0 aliphatic heterocycles. The number of aromatic nitrogens is 3. The van der Waals surface area contributed by atoms with Crippen LogP contribution in [0.5, 0.6) is 0 Å². The van der Waals surface area contributed by atoms with Gasteiger partial charge in [-0.15, -0.1) is 65.4 Å². The number of thiazole rings is 1. The van der Waals surface area contributed by atoms with Gasteiger partial charge in [0.25, 0.3) is 0 Å². The van der Waals surface area contributed by atoms with Crippen molar-refractivity contribution in [2.24, 2.45) is 0 Å². The van der Waals surface area contributed by atoms with Gasteiger partial charge in [-0.25, -0.2) is 4.98 Å². The number of furan rings is 2. The Balaban J connectivity index is 0.000000180. The van der Waals surface area contributed by atoms with Gasteiger partial charge in [-0.2, -0.15) is 0 Å². The Morgan fingerprint density at radius 1 is 0.744 bits per heavy atom. The van der Waals surface area contributed by atoms with E-state index in [1.54, 1.807) is 6.20 Å². The van der Waals surface area contributed by atoms with E-state index in [1.807, 2.05) is 91.9 Å². The number of aryl methyl sites for hydroxylation is 1. The third kappa shape index (κ3) is 4.66. The fourth-order valence-electron chi connectivity index (χ4n) is 4.45. The Hall–Kier alpha value is -4.16. The van der Waals surface area contributed by atoms with Gasteiger partial charge in [0.1, 0.15) is 11.1 Å². The summed E-state index contributed by atoms with van der Waals surface area (Å²) in [6.45, 7) is 1.96. The van der Waals surface area contributed by atoms with Crippen LogP contribution in [-0.2, 0) is 20.1 Å². The van der Waals surface area contributed by atoms with Crippen LogP contribution >= 0.6 is 11.3 Å². The van der Waals surface area contributed by atoms with E-state index >= 15 is 0 Å². The molecule has 0 N–H and O–H groups in total. The van der Waals surface area contributed by atoms with Crippen LogP contribution in [0.15, 0.2) is 106 Å². The first-order valence-corrected chi connectivity index (χ1v) is 12.9. The molecule has 0 bridgehead atoms. The molecule has 0 saturated carbocycles. The van der Waals surface area contributed by atoms with Crippen molar-refractivity contribution in [1.29, 1.82) is 0 Å². The molecule has 0 aliphatic rings. The monoisotopic (exact) mass is 702 g/mol. The first kappa shape index (κ1) is 25.1. The number of fused-ring (bicyclic) bond motifs is 6. The van der Waals surface area contributed by atoms with Crippen molar-refractivity contribution < 1.29 is 28.9 Å². The van der Waals surface area contributed by atoms with Crippen LogP contribution in [0.4, 0.5) is 0 Å². The number of para-hydroxylation sites is 1. The van der Waals surface area contributed by atoms with Crippen molar-refractivity contribution in [3.8, 4) is 21.8 Å². The van der Waals surface area contributed by atoms with E-state index in [-0.39, 0.29) is 20.1 Å². The molecule has 5 nitrogen and oxygen atoms in total. The third-order valence-corrected chi connectivity index (χ3v) is 7.19. The summed E-state index contributed by atoms with van der Waals surface area (Å²) in [6, 6.07) is 36.0. The van der Waals surface area contributed by atoms with Gasteiger partial charge < -0.3 is 13.8 Å². The van der Waals surface area contributed by atoms with Gasteiger partial charge >= 0.3 is 0 Å². The molecule has 39 heavy (non-hydrogen) atoms. The molecular formula is C32H19IrN3O2S-2. The van der Waals surface area contributed by atoms with E-state index in [2.05, 4.69) is 28.2 Å². The van der Waals surface area contributed by atoms with Crippen LogP contribution in [0.2, 0.25) is 0 Å². The number of pyridine rings is 2. The fourth-order valence-corrected chi connectivity index (χ4v) is 5.40. The van der Waals surface area contributed by atoms with Crippen LogP contribution in [0.3, 0.4) is 0 Å². The molecule has 0 unspecified atom stereocenters. The summed E-state index contributed by atoms with van der Waals surface area (Å²) >= 11 is 1.51. The molecule has 8 aromatic rings. The maximum absolute atomic E-state index is 6.07. The summed E-state index contributed by atoms with van der Waals surface area (Å²) in [6.07, 6.45) is 1.79. The summed E-state index contributed by atoms with van der Waals surface area (Å²) < 4.78 is 12.0. The van der Waals surface area contributed by atoms with E-state index in [4.69, 9.17) is 13.8 Å². The smallest absolute Gasteiger partial charge is 0.216 e. The van der Waals surface area contributed by atoms with Crippen molar-refractivity contribution >= 4 is 54.8 Å². The second kappa shape index (κ2) is 10.5. The minimum atomic E-state index is 0. The van der Waals surface area contributed by atoms with Gasteiger partial charge in [-0.3, -0.25) is 4.98 Å². The van der Waals surface area contributed by atoms with E-state index in [9.17, 15) is 0 Å². The molecule has 0 saturated heterocycles. The average molecular weight is 702 g/mol. The van der Waals surface area contributed by atoms with E-state index in [0.29, 0.717) is 5.71 Å². The van der Waals surface area contributed by atoms with Crippen LogP contribution in [0.25, 0.3) is 65.3 Å². The molecule has 1 radical (unpaired) electrons. The van der Waals surface area contributed by atoms with Crippen molar-refractivity contribution in [3.63, 3.8) is 0 Å². The molecule has 191 valence electrons. The van der Waals surface area contributed by atoms with Crippen LogP contribution in [0, 0.1) is 19.1 Å². The topological polar surface area (TPSA) is 65.0 Å². The summed E-state index contributed by atoms with van der Waals surface area (Å²) in [5.74, 6) is 0. The summed E-state index contributed by atoms with van der Waals surface area (Å²) in [5, 5.41) is 3.90. The Morgan fingerprint density at radius 2 is 1.62 bits per heavy atom. The second-order valence-corrected chi connectivity index (χ2v) is 9.71. The third-order valence-electron chi connectivity index (χ3n) is 6.24. The molecule has 5 aromatic heterocycles. The minimum Gasteiger partial charge on any atom is -0.486 e. The minimum absolute atomic E-state index is 0. The number of nitrogens with zero attached hydrogens (tertiary/aromatic N) is 3. The predicted octanol–water partition coefficient (Wildman–Crippen LogP) is 8.66. The van der Waals surface area contributed by atoms with E-state index < -0.39 is 0 Å². The van der Waals surface area contributed by atoms with Gasteiger partial charge in [-0.05, 0) is 42.9 Å². The molecule has 0 amide bonds. The van der Waals surface area contributed by atoms with E-state index in [1.165, 1.54) is 11.3 Å². The maximum Gasteiger partial charge on any atom is 0.216 e. The molecule has 0 spiro atoms. The van der Waals surface area contributed by atoms with Crippen molar-refractivity contribution in [1.82, 2.24) is 15.0 Å². The number of hydrogen-bond acceptors (Lipinski definition) is 6. The Bertz CT molecular complexity index is 2010. The predicted molar refractivity (Wildman–Crippen MR) is 152 cm³/mol. The number of benzene rings is 3. The second-order valence-electron chi connectivity index (χ2n) is 8.75. The summed E-state index contributed by atoms with van der Waals surface area (Å²) in [7, 11) is 0. The molecule has 8 rings (SSSR count). The Labute approximate surface area is 241 Å². The van der Waals surface area contributed by atoms with E-state index in [0.717, 1.165) is 65.3 Å². The Kier molecular flexibility index (Phi) is 6.79. The van der Waals surface area contributed by atoms with Crippen molar-refractivity contribution in [2.45, 2.75) is 6.92 Å². The zero-order chi connectivity index (χ0) is 25.5. The van der Waals surface area contributed by atoms with Crippen LogP contribution in [-0.4, -0.2) is 15.0 Å². The quantitative estimate of drug-likeness (QED) is 0.169. The van der Waals surface area contributed by atoms with Crippen LogP contribution in [0.1, 0.15) is 5.69 Å². The number of rotatable bonds is 2. The molecule has 0 aliphatic carbocycles. The Morgan fingerprint density at radius 3 is 2.46 bits per heavy atom. The van der Waals surface area contributed by atoms with Gasteiger partial charge in [-0.1, -0.05) is 35.2 Å². The summed E-state index contributed by atoms with van der Waals surface area (Å²) in [5.41, 5.74) is 6.94. The van der Waals surface area contributed by atoms with Gasteiger partial charge in [0.05, 0.1) is 5.58 Å². The molecule has 0 atom stereocenters. The van der Waals surface area contributed by atoms with Crippen LogP contribution < -0.4 is 0 Å².